The molecule has 6 rings (SSSR count). The molecule has 3 heterocycles. The van der Waals surface area contributed by atoms with Crippen molar-refractivity contribution in [3.63, 3.8) is 0 Å². The molecule has 0 aliphatic carbocycles. The molecule has 0 bridgehead atoms. The molecular weight excluding hydrogens is 335 g/mol. The summed E-state index contributed by atoms with van der Waals surface area (Å²) in [5.41, 5.74) is 6.87. The third-order valence-corrected chi connectivity index (χ3v) is 5.95. The maximum atomic E-state index is 14.5. The Kier molecular flexibility index (Phi) is 2.62. The highest BCUT2D eigenvalue weighted by Crippen LogP contribution is 2.40. The van der Waals surface area contributed by atoms with Crippen molar-refractivity contribution in [1.29, 1.82) is 0 Å². The van der Waals surface area contributed by atoms with Gasteiger partial charge in [0.05, 0.1) is 27.3 Å². The molecule has 0 saturated carbocycles. The molecule has 130 valence electrons. The predicted octanol–water partition coefficient (Wildman–Crippen LogP) is 5.57. The molecule has 0 atom stereocenters. The van der Waals surface area contributed by atoms with Crippen LogP contribution >= 0.6 is 0 Å². The molecule has 0 saturated heterocycles. The normalized spacial score (nSPS) is 12.4. The van der Waals surface area contributed by atoms with Gasteiger partial charge in [-0.25, -0.2) is 8.96 Å². The van der Waals surface area contributed by atoms with Crippen molar-refractivity contribution in [3.05, 3.63) is 71.7 Å². The molecule has 0 spiro atoms. The van der Waals surface area contributed by atoms with E-state index in [1.54, 1.807) is 12.1 Å². The average Bonchev–Trinajstić information content (AvgIpc) is 2.96. The fourth-order valence-corrected chi connectivity index (χ4v) is 4.80. The summed E-state index contributed by atoms with van der Waals surface area (Å²) in [5.74, 6) is -0.199. The van der Waals surface area contributed by atoms with E-state index in [4.69, 9.17) is 0 Å². The van der Waals surface area contributed by atoms with Crippen LogP contribution in [0.3, 0.4) is 0 Å². The lowest BCUT2D eigenvalue weighted by Gasteiger charge is -2.12. The summed E-state index contributed by atoms with van der Waals surface area (Å²) in [4.78, 5) is 0. The molecule has 0 unspecified atom stereocenters. The zero-order valence-corrected chi connectivity index (χ0v) is 15.5. The Hall–Kier alpha value is -3.20. The number of rotatable bonds is 0. The van der Waals surface area contributed by atoms with Crippen LogP contribution in [0.2, 0.25) is 0 Å². The van der Waals surface area contributed by atoms with Crippen molar-refractivity contribution >= 4 is 49.0 Å². The van der Waals surface area contributed by atoms with E-state index in [0.717, 1.165) is 27.3 Å². The maximum absolute atomic E-state index is 14.5. The largest absolute Gasteiger partial charge is 0.307 e. The van der Waals surface area contributed by atoms with E-state index < -0.39 is 0 Å². The molecule has 6 aromatic rings. The molecule has 0 amide bonds. The topological polar surface area (TPSA) is 8.29 Å². The summed E-state index contributed by atoms with van der Waals surface area (Å²) in [5, 5.41) is 5.74. The van der Waals surface area contributed by atoms with E-state index in [9.17, 15) is 4.39 Å². The van der Waals surface area contributed by atoms with Crippen LogP contribution in [-0.4, -0.2) is 4.40 Å². The van der Waals surface area contributed by atoms with E-state index >= 15 is 0 Å². The minimum atomic E-state index is -0.199. The van der Waals surface area contributed by atoms with Gasteiger partial charge in [-0.1, -0.05) is 23.8 Å². The van der Waals surface area contributed by atoms with Crippen molar-refractivity contribution in [2.45, 2.75) is 13.8 Å². The van der Waals surface area contributed by atoms with Gasteiger partial charge in [-0.05, 0) is 49.1 Å². The zero-order valence-electron chi connectivity index (χ0n) is 15.5. The molecule has 3 aromatic carbocycles. The van der Waals surface area contributed by atoms with Crippen molar-refractivity contribution < 1.29 is 8.96 Å². The van der Waals surface area contributed by atoms with E-state index in [2.05, 4.69) is 60.2 Å². The Morgan fingerprint density at radius 1 is 0.852 bits per heavy atom. The van der Waals surface area contributed by atoms with E-state index in [1.807, 2.05) is 12.3 Å². The molecule has 3 heteroatoms. The Balaban J connectivity index is 2.14. The Labute approximate surface area is 155 Å². The lowest BCUT2D eigenvalue weighted by Crippen LogP contribution is -2.28. The first-order chi connectivity index (χ1) is 13.0. The van der Waals surface area contributed by atoms with Gasteiger partial charge < -0.3 is 4.40 Å². The molecule has 0 N–H and O–H groups in total. The monoisotopic (exact) mass is 353 g/mol. The first-order valence-electron chi connectivity index (χ1n) is 9.21. The Morgan fingerprint density at radius 2 is 1.70 bits per heavy atom. The van der Waals surface area contributed by atoms with Crippen LogP contribution in [0.4, 0.5) is 4.39 Å². The molecule has 2 nitrogen and oxygen atoms in total. The zero-order chi connectivity index (χ0) is 18.4. The molecule has 27 heavy (non-hydrogen) atoms. The third-order valence-electron chi connectivity index (χ3n) is 5.95. The van der Waals surface area contributed by atoms with Crippen LogP contribution in [0, 0.1) is 19.7 Å². The van der Waals surface area contributed by atoms with Crippen LogP contribution in [0.15, 0.2) is 54.7 Å². The standard InChI is InChI=1S/C24H18FN2/c1-13-4-7-19-18(10-13)17-6-5-14(2)21-23(17)27(19)20-12-16(25)11-15-8-9-26(3)24(21)22(15)20/h4-12H,1-3H3/q+1. The lowest BCUT2D eigenvalue weighted by molar-refractivity contribution is -0.643. The number of halogens is 1. The molecule has 0 aliphatic heterocycles. The summed E-state index contributed by atoms with van der Waals surface area (Å²) in [6.45, 7) is 4.28. The molecule has 0 aliphatic rings. The van der Waals surface area contributed by atoms with Crippen LogP contribution in [0.25, 0.3) is 49.0 Å². The summed E-state index contributed by atoms with van der Waals surface area (Å²) in [6.07, 6.45) is 2.03. The number of benzene rings is 3. The van der Waals surface area contributed by atoms with Gasteiger partial charge >= 0.3 is 0 Å². The second-order valence-corrected chi connectivity index (χ2v) is 7.67. The van der Waals surface area contributed by atoms with Gasteiger partial charge in [0, 0.05) is 16.8 Å². The van der Waals surface area contributed by atoms with Crippen molar-refractivity contribution in [2.24, 2.45) is 7.05 Å². The van der Waals surface area contributed by atoms with E-state index in [1.165, 1.54) is 32.8 Å². The molecular formula is C24H18FN2+. The van der Waals surface area contributed by atoms with Crippen LogP contribution in [0.5, 0.6) is 0 Å². The third kappa shape index (κ3) is 1.72. The van der Waals surface area contributed by atoms with Gasteiger partial charge in [0.25, 0.3) is 0 Å². The SMILES string of the molecule is Cc1ccc2c(c1)c1ccc(C)c3c1n2c1cc(F)cc2cc[n+](C)c3c21. The highest BCUT2D eigenvalue weighted by molar-refractivity contribution is 6.25. The first kappa shape index (κ1) is 14.9. The summed E-state index contributed by atoms with van der Waals surface area (Å²) in [6, 6.07) is 16.3. The van der Waals surface area contributed by atoms with Gasteiger partial charge in [0.1, 0.15) is 12.9 Å². The second-order valence-electron chi connectivity index (χ2n) is 7.67. The van der Waals surface area contributed by atoms with Gasteiger partial charge in [-0.3, -0.25) is 0 Å². The second kappa shape index (κ2) is 4.74. The molecule has 0 radical (unpaired) electrons. The van der Waals surface area contributed by atoms with Gasteiger partial charge in [0.2, 0.25) is 5.52 Å². The minimum Gasteiger partial charge on any atom is -0.307 e. The average molecular weight is 353 g/mol. The summed E-state index contributed by atoms with van der Waals surface area (Å²) >= 11 is 0. The van der Waals surface area contributed by atoms with E-state index in [-0.39, 0.29) is 5.82 Å². The van der Waals surface area contributed by atoms with Gasteiger partial charge in [-0.2, -0.15) is 0 Å². The Morgan fingerprint density at radius 3 is 2.56 bits per heavy atom. The molecule has 0 fully saturated rings. The summed E-state index contributed by atoms with van der Waals surface area (Å²) < 4.78 is 18.9. The number of hydrogen-bond acceptors (Lipinski definition) is 0. The van der Waals surface area contributed by atoms with Crippen LogP contribution < -0.4 is 4.57 Å². The first-order valence-corrected chi connectivity index (χ1v) is 9.21. The Bertz CT molecular complexity index is 1560. The molecule has 3 aromatic heterocycles. The highest BCUT2D eigenvalue weighted by atomic mass is 19.1. The van der Waals surface area contributed by atoms with Gasteiger partial charge in [0.15, 0.2) is 6.20 Å². The maximum Gasteiger partial charge on any atom is 0.224 e. The predicted molar refractivity (Wildman–Crippen MR) is 109 cm³/mol. The van der Waals surface area contributed by atoms with Crippen LogP contribution in [-0.2, 0) is 7.05 Å². The number of aromatic nitrogens is 2. The van der Waals surface area contributed by atoms with E-state index in [0.29, 0.717) is 0 Å². The highest BCUT2D eigenvalue weighted by Gasteiger charge is 2.24. The fourth-order valence-electron chi connectivity index (χ4n) is 4.80. The van der Waals surface area contributed by atoms with Crippen molar-refractivity contribution in [1.82, 2.24) is 4.40 Å². The number of fused-ring (bicyclic) bond motifs is 5. The lowest BCUT2D eigenvalue weighted by atomic mass is 9.99. The number of pyridine rings is 2. The fraction of sp³-hybridized carbons (Fsp3) is 0.125. The summed E-state index contributed by atoms with van der Waals surface area (Å²) in [7, 11) is 2.07. The smallest absolute Gasteiger partial charge is 0.224 e. The van der Waals surface area contributed by atoms with Gasteiger partial charge in [-0.15, -0.1) is 0 Å². The van der Waals surface area contributed by atoms with Crippen LogP contribution in [0.1, 0.15) is 11.1 Å². The minimum absolute atomic E-state index is 0.199. The number of aryl methyl sites for hydroxylation is 3. The quantitative estimate of drug-likeness (QED) is 0.192. The van der Waals surface area contributed by atoms with Crippen molar-refractivity contribution in [3.8, 4) is 0 Å². The van der Waals surface area contributed by atoms with Crippen molar-refractivity contribution in [2.75, 3.05) is 0 Å². The number of nitrogens with zero attached hydrogens (tertiary/aromatic N) is 2. The number of hydrogen-bond donors (Lipinski definition) is 0.